The second-order valence-corrected chi connectivity index (χ2v) is 6.62. The third kappa shape index (κ3) is 4.38. The maximum atomic E-state index is 12.5. The zero-order chi connectivity index (χ0) is 17.9. The quantitative estimate of drug-likeness (QED) is 0.875. The number of hydrogen-bond donors (Lipinski definition) is 1. The molecule has 24 heavy (non-hydrogen) atoms. The average Bonchev–Trinajstić information content (AvgIpc) is 2.53. The molecule has 0 saturated heterocycles. The van der Waals surface area contributed by atoms with Gasteiger partial charge in [-0.15, -0.1) is 0 Å². The molecule has 0 aliphatic heterocycles. The van der Waals surface area contributed by atoms with Crippen molar-refractivity contribution in [1.29, 1.82) is 0 Å². The molecule has 0 bridgehead atoms. The summed E-state index contributed by atoms with van der Waals surface area (Å²) in [6.07, 6.45) is -0.543. The van der Waals surface area contributed by atoms with Gasteiger partial charge in [0.25, 0.3) is 5.91 Å². The molecule has 0 aromatic heterocycles. The topological polar surface area (TPSA) is 38.3 Å². The van der Waals surface area contributed by atoms with Gasteiger partial charge in [-0.2, -0.15) is 0 Å². The number of ether oxygens (including phenoxy) is 1. The van der Waals surface area contributed by atoms with Crippen LogP contribution in [-0.4, -0.2) is 12.0 Å². The molecule has 0 heterocycles. The first-order valence-corrected chi connectivity index (χ1v) is 8.39. The number of rotatable bonds is 5. The Morgan fingerprint density at radius 1 is 0.917 bits per heavy atom. The maximum absolute atomic E-state index is 12.5. The molecule has 0 saturated carbocycles. The minimum atomic E-state index is -0.543. The number of amides is 1. The van der Waals surface area contributed by atoms with Crippen molar-refractivity contribution in [1.82, 2.24) is 5.32 Å². The largest absolute Gasteiger partial charge is 0.481 e. The van der Waals surface area contributed by atoms with Crippen LogP contribution in [0, 0.1) is 27.7 Å². The summed E-state index contributed by atoms with van der Waals surface area (Å²) in [5.41, 5.74) is 5.66. The van der Waals surface area contributed by atoms with Gasteiger partial charge in [0.2, 0.25) is 0 Å². The molecular formula is C21H27NO2. The molecule has 2 aromatic carbocycles. The first-order valence-electron chi connectivity index (χ1n) is 8.39. The van der Waals surface area contributed by atoms with Crippen molar-refractivity contribution in [3.63, 3.8) is 0 Å². The summed E-state index contributed by atoms with van der Waals surface area (Å²) in [6, 6.07) is 12.2. The fraction of sp³-hybridized carbons (Fsp3) is 0.381. The minimum absolute atomic E-state index is 0.0537. The zero-order valence-electron chi connectivity index (χ0n) is 15.4. The van der Waals surface area contributed by atoms with Gasteiger partial charge in [0, 0.05) is 0 Å². The van der Waals surface area contributed by atoms with E-state index in [1.165, 1.54) is 11.1 Å². The summed E-state index contributed by atoms with van der Waals surface area (Å²) in [6.45, 7) is 11.9. The number of hydrogen-bond acceptors (Lipinski definition) is 2. The van der Waals surface area contributed by atoms with E-state index >= 15 is 0 Å². The number of nitrogens with one attached hydrogen (secondary N) is 1. The lowest BCUT2D eigenvalue weighted by molar-refractivity contribution is -0.127. The van der Waals surface area contributed by atoms with Gasteiger partial charge in [0.1, 0.15) is 5.75 Å². The third-order valence-corrected chi connectivity index (χ3v) is 4.28. The molecule has 3 heteroatoms. The molecule has 0 spiro atoms. The Morgan fingerprint density at radius 2 is 1.50 bits per heavy atom. The van der Waals surface area contributed by atoms with Crippen LogP contribution in [-0.2, 0) is 4.79 Å². The van der Waals surface area contributed by atoms with Crippen molar-refractivity contribution in [3.8, 4) is 5.75 Å². The molecule has 1 amide bonds. The highest BCUT2D eigenvalue weighted by molar-refractivity contribution is 5.81. The van der Waals surface area contributed by atoms with Crippen molar-refractivity contribution < 1.29 is 9.53 Å². The Balaban J connectivity index is 2.05. The number of benzene rings is 2. The van der Waals surface area contributed by atoms with Crippen LogP contribution in [0.3, 0.4) is 0 Å². The summed E-state index contributed by atoms with van der Waals surface area (Å²) in [5, 5.41) is 3.05. The van der Waals surface area contributed by atoms with Gasteiger partial charge in [0.05, 0.1) is 6.04 Å². The van der Waals surface area contributed by atoms with Crippen LogP contribution in [0.1, 0.15) is 47.7 Å². The number of aryl methyl sites for hydroxylation is 4. The van der Waals surface area contributed by atoms with Crippen molar-refractivity contribution in [2.24, 2.45) is 0 Å². The molecule has 1 N–H and O–H groups in total. The van der Waals surface area contributed by atoms with Gasteiger partial charge in [-0.3, -0.25) is 4.79 Å². The van der Waals surface area contributed by atoms with Gasteiger partial charge in [-0.05, 0) is 69.9 Å². The Morgan fingerprint density at radius 3 is 2.17 bits per heavy atom. The Kier molecular flexibility index (Phi) is 5.66. The van der Waals surface area contributed by atoms with Gasteiger partial charge in [-0.1, -0.05) is 35.9 Å². The Bertz CT molecular complexity index is 737. The SMILES string of the molecule is Cc1ccc(C)c(O[C@@H](C)C(=O)N[C@H](C)c2cc(C)ccc2C)c1. The predicted octanol–water partition coefficient (Wildman–Crippen LogP) is 4.56. The third-order valence-electron chi connectivity index (χ3n) is 4.28. The Hall–Kier alpha value is -2.29. The lowest BCUT2D eigenvalue weighted by atomic mass is 10.00. The predicted molar refractivity (Wildman–Crippen MR) is 98.5 cm³/mol. The highest BCUT2D eigenvalue weighted by atomic mass is 16.5. The van der Waals surface area contributed by atoms with Crippen molar-refractivity contribution in [2.75, 3.05) is 0 Å². The van der Waals surface area contributed by atoms with E-state index in [-0.39, 0.29) is 11.9 Å². The smallest absolute Gasteiger partial charge is 0.261 e. The van der Waals surface area contributed by atoms with E-state index in [4.69, 9.17) is 4.74 Å². The second-order valence-electron chi connectivity index (χ2n) is 6.62. The average molecular weight is 325 g/mol. The first-order chi connectivity index (χ1) is 11.3. The molecule has 0 aliphatic rings. The summed E-state index contributed by atoms with van der Waals surface area (Å²) in [5.74, 6) is 0.654. The Labute approximate surface area is 145 Å². The van der Waals surface area contributed by atoms with E-state index in [0.717, 1.165) is 22.4 Å². The maximum Gasteiger partial charge on any atom is 0.261 e. The number of carbonyl (C=O) groups excluding carboxylic acids is 1. The molecule has 2 rings (SSSR count). The van der Waals surface area contributed by atoms with Crippen LogP contribution in [0.25, 0.3) is 0 Å². The number of carbonyl (C=O) groups is 1. The van der Waals surface area contributed by atoms with Gasteiger partial charge in [-0.25, -0.2) is 0 Å². The summed E-state index contributed by atoms with van der Waals surface area (Å²) >= 11 is 0. The summed E-state index contributed by atoms with van der Waals surface area (Å²) in [4.78, 5) is 12.5. The van der Waals surface area contributed by atoms with Crippen LogP contribution < -0.4 is 10.1 Å². The van der Waals surface area contributed by atoms with Crippen molar-refractivity contribution in [2.45, 2.75) is 53.7 Å². The van der Waals surface area contributed by atoms with E-state index in [1.54, 1.807) is 6.92 Å². The zero-order valence-corrected chi connectivity index (χ0v) is 15.4. The minimum Gasteiger partial charge on any atom is -0.481 e. The van der Waals surface area contributed by atoms with Gasteiger partial charge >= 0.3 is 0 Å². The lowest BCUT2D eigenvalue weighted by Crippen LogP contribution is -2.38. The van der Waals surface area contributed by atoms with Crippen LogP contribution >= 0.6 is 0 Å². The molecule has 3 nitrogen and oxygen atoms in total. The van der Waals surface area contributed by atoms with Gasteiger partial charge in [0.15, 0.2) is 6.10 Å². The molecule has 0 fully saturated rings. The molecule has 0 unspecified atom stereocenters. The van der Waals surface area contributed by atoms with Crippen LogP contribution in [0.2, 0.25) is 0 Å². The highest BCUT2D eigenvalue weighted by Crippen LogP contribution is 2.22. The van der Waals surface area contributed by atoms with E-state index in [2.05, 4.69) is 37.4 Å². The van der Waals surface area contributed by atoms with Crippen LogP contribution in [0.4, 0.5) is 0 Å². The molecular weight excluding hydrogens is 298 g/mol. The fourth-order valence-corrected chi connectivity index (χ4v) is 2.71. The van der Waals surface area contributed by atoms with Crippen molar-refractivity contribution in [3.05, 3.63) is 64.2 Å². The summed E-state index contributed by atoms with van der Waals surface area (Å²) in [7, 11) is 0. The van der Waals surface area contributed by atoms with Crippen LogP contribution in [0.15, 0.2) is 36.4 Å². The molecule has 0 aliphatic carbocycles. The van der Waals surface area contributed by atoms with E-state index in [1.807, 2.05) is 39.0 Å². The monoisotopic (exact) mass is 325 g/mol. The summed E-state index contributed by atoms with van der Waals surface area (Å²) < 4.78 is 5.87. The molecule has 2 atom stereocenters. The molecule has 0 radical (unpaired) electrons. The van der Waals surface area contributed by atoms with Gasteiger partial charge < -0.3 is 10.1 Å². The normalized spacial score (nSPS) is 13.2. The lowest BCUT2D eigenvalue weighted by Gasteiger charge is -2.21. The van der Waals surface area contributed by atoms with E-state index < -0.39 is 6.10 Å². The molecule has 128 valence electrons. The second kappa shape index (κ2) is 7.52. The fourth-order valence-electron chi connectivity index (χ4n) is 2.71. The van der Waals surface area contributed by atoms with Crippen LogP contribution in [0.5, 0.6) is 5.75 Å². The van der Waals surface area contributed by atoms with E-state index in [0.29, 0.717) is 0 Å². The standard InChI is InChI=1S/C21H27NO2/c1-13-7-9-15(3)19(11-13)17(5)22-21(23)18(6)24-20-12-14(2)8-10-16(20)4/h7-12,17-18H,1-6H3,(H,22,23)/t17-,18+/m1/s1. The van der Waals surface area contributed by atoms with Crippen molar-refractivity contribution >= 4 is 5.91 Å². The first kappa shape index (κ1) is 18.1. The molecule has 2 aromatic rings. The van der Waals surface area contributed by atoms with E-state index in [9.17, 15) is 4.79 Å². The highest BCUT2D eigenvalue weighted by Gasteiger charge is 2.19.